The van der Waals surface area contributed by atoms with E-state index >= 15 is 0 Å². The fraction of sp³-hybridized carbons (Fsp3) is 0.846. The first-order chi connectivity index (χ1) is 7.12. The number of hydrogen-bond acceptors (Lipinski definition) is 2. The highest BCUT2D eigenvalue weighted by Gasteiger charge is 2.32. The lowest BCUT2D eigenvalue weighted by Crippen LogP contribution is -2.31. The molecule has 1 aliphatic heterocycles. The second-order valence-corrected chi connectivity index (χ2v) is 4.63. The Labute approximate surface area is 94.7 Å². The monoisotopic (exact) mass is 210 g/mol. The van der Waals surface area contributed by atoms with E-state index in [1.165, 1.54) is 18.5 Å². The van der Waals surface area contributed by atoms with E-state index in [1.807, 2.05) is 0 Å². The van der Waals surface area contributed by atoms with Crippen molar-refractivity contribution in [1.29, 1.82) is 0 Å². The molecule has 0 aromatic heterocycles. The second-order valence-electron chi connectivity index (χ2n) is 4.63. The van der Waals surface area contributed by atoms with E-state index in [4.69, 9.17) is 0 Å². The summed E-state index contributed by atoms with van der Waals surface area (Å²) in [5.74, 6) is 0. The summed E-state index contributed by atoms with van der Waals surface area (Å²) >= 11 is 0. The molecule has 1 heterocycles. The summed E-state index contributed by atoms with van der Waals surface area (Å²) in [4.78, 5) is 0. The number of nitrogens with one attached hydrogen (secondary N) is 1. The van der Waals surface area contributed by atoms with E-state index in [2.05, 4.69) is 45.1 Å². The molecule has 0 saturated carbocycles. The van der Waals surface area contributed by atoms with Gasteiger partial charge in [0.25, 0.3) is 0 Å². The summed E-state index contributed by atoms with van der Waals surface area (Å²) in [5.41, 5.74) is 7.05. The maximum atomic E-state index is 3.49. The van der Waals surface area contributed by atoms with Crippen LogP contribution in [0.25, 0.3) is 0 Å². The smallest absolute Gasteiger partial charge is 0.0386 e. The first-order valence-electron chi connectivity index (χ1n) is 6.36. The molecule has 0 radical (unpaired) electrons. The molecule has 0 aromatic carbocycles. The van der Waals surface area contributed by atoms with Crippen molar-refractivity contribution in [2.24, 2.45) is 5.41 Å². The van der Waals surface area contributed by atoms with Crippen molar-refractivity contribution >= 4 is 0 Å². The lowest BCUT2D eigenvalue weighted by Gasteiger charge is -2.29. The molecule has 1 rings (SSSR count). The Balaban J connectivity index is 3.00. The van der Waals surface area contributed by atoms with E-state index in [9.17, 15) is 0 Å². The van der Waals surface area contributed by atoms with Gasteiger partial charge in [-0.25, -0.2) is 5.43 Å². The number of rotatable bonds is 5. The molecule has 0 atom stereocenters. The predicted molar refractivity (Wildman–Crippen MR) is 66.4 cm³/mol. The number of allylic oxidation sites excluding steroid dienone is 1. The van der Waals surface area contributed by atoms with Gasteiger partial charge in [-0.05, 0) is 37.2 Å². The molecule has 88 valence electrons. The van der Waals surface area contributed by atoms with Crippen LogP contribution in [-0.4, -0.2) is 18.1 Å². The molecular weight excluding hydrogens is 184 g/mol. The molecule has 1 aliphatic rings. The van der Waals surface area contributed by atoms with Crippen LogP contribution in [0.15, 0.2) is 11.3 Å². The van der Waals surface area contributed by atoms with Gasteiger partial charge in [0.1, 0.15) is 0 Å². The average molecular weight is 210 g/mol. The quantitative estimate of drug-likeness (QED) is 0.749. The molecule has 0 unspecified atom stereocenters. The highest BCUT2D eigenvalue weighted by molar-refractivity contribution is 5.25. The van der Waals surface area contributed by atoms with Crippen molar-refractivity contribution < 1.29 is 0 Å². The molecule has 2 heteroatoms. The molecule has 0 spiro atoms. The van der Waals surface area contributed by atoms with Gasteiger partial charge in [-0.2, -0.15) is 0 Å². The largest absolute Gasteiger partial charge is 0.312 e. The highest BCUT2D eigenvalue weighted by atomic mass is 15.5. The van der Waals surface area contributed by atoms with Gasteiger partial charge >= 0.3 is 0 Å². The van der Waals surface area contributed by atoms with Crippen LogP contribution in [-0.2, 0) is 0 Å². The third-order valence-electron chi connectivity index (χ3n) is 4.06. The van der Waals surface area contributed by atoms with E-state index < -0.39 is 0 Å². The molecule has 0 saturated heterocycles. The van der Waals surface area contributed by atoms with Crippen molar-refractivity contribution in [3.63, 3.8) is 0 Å². The van der Waals surface area contributed by atoms with Crippen LogP contribution in [0.2, 0.25) is 0 Å². The molecule has 1 N–H and O–H groups in total. The van der Waals surface area contributed by atoms with Gasteiger partial charge in [0.2, 0.25) is 0 Å². The second kappa shape index (κ2) is 5.02. The zero-order valence-electron chi connectivity index (χ0n) is 11.0. The molecule has 0 fully saturated rings. The van der Waals surface area contributed by atoms with Gasteiger partial charge in [0.15, 0.2) is 0 Å². The lowest BCUT2D eigenvalue weighted by molar-refractivity contribution is 0.290. The molecule has 0 aliphatic carbocycles. The average Bonchev–Trinajstić information content (AvgIpc) is 2.71. The van der Waals surface area contributed by atoms with Crippen molar-refractivity contribution in [1.82, 2.24) is 10.4 Å². The molecule has 0 bridgehead atoms. The van der Waals surface area contributed by atoms with E-state index in [0.717, 1.165) is 19.5 Å². The van der Waals surface area contributed by atoms with Gasteiger partial charge in [-0.15, -0.1) is 0 Å². The third kappa shape index (κ3) is 2.20. The van der Waals surface area contributed by atoms with Crippen LogP contribution in [0.3, 0.4) is 0 Å². The van der Waals surface area contributed by atoms with E-state index in [0.29, 0.717) is 5.41 Å². The Morgan fingerprint density at radius 2 is 1.80 bits per heavy atom. The van der Waals surface area contributed by atoms with E-state index in [1.54, 1.807) is 5.57 Å². The van der Waals surface area contributed by atoms with Crippen molar-refractivity contribution in [3.8, 4) is 0 Å². The van der Waals surface area contributed by atoms with Gasteiger partial charge in [-0.3, -0.25) is 0 Å². The van der Waals surface area contributed by atoms with E-state index in [-0.39, 0.29) is 0 Å². The van der Waals surface area contributed by atoms with Crippen LogP contribution in [0.5, 0.6) is 0 Å². The maximum absolute atomic E-state index is 3.49. The molecule has 2 nitrogen and oxygen atoms in total. The minimum absolute atomic E-state index is 0.391. The standard InChI is InChI=1S/C13H26N2/c1-6-12-11(10-14-15(12)9-4)13(5,7-2)8-3/h14H,6-10H2,1-5H3. The first kappa shape index (κ1) is 12.6. The van der Waals surface area contributed by atoms with Crippen LogP contribution in [0.1, 0.15) is 53.9 Å². The van der Waals surface area contributed by atoms with Gasteiger partial charge in [-0.1, -0.05) is 27.7 Å². The van der Waals surface area contributed by atoms with Gasteiger partial charge in [0.05, 0.1) is 0 Å². The Morgan fingerprint density at radius 1 is 1.20 bits per heavy atom. The summed E-state index contributed by atoms with van der Waals surface area (Å²) in [5, 5.41) is 2.32. The highest BCUT2D eigenvalue weighted by Crippen LogP contribution is 2.39. The van der Waals surface area contributed by atoms with Gasteiger partial charge < -0.3 is 5.01 Å². The SMILES string of the molecule is CCC1=C(C(C)(CC)CC)CNN1CC. The fourth-order valence-corrected chi connectivity index (χ4v) is 2.48. The summed E-state index contributed by atoms with van der Waals surface area (Å²) in [6.07, 6.45) is 3.62. The third-order valence-corrected chi connectivity index (χ3v) is 4.06. The lowest BCUT2D eigenvalue weighted by atomic mass is 9.76. The van der Waals surface area contributed by atoms with Crippen LogP contribution in [0.4, 0.5) is 0 Å². The summed E-state index contributed by atoms with van der Waals surface area (Å²) in [6.45, 7) is 13.6. The molecule has 15 heavy (non-hydrogen) atoms. The summed E-state index contributed by atoms with van der Waals surface area (Å²) in [6, 6.07) is 0. The summed E-state index contributed by atoms with van der Waals surface area (Å²) < 4.78 is 0. The topological polar surface area (TPSA) is 15.3 Å². The first-order valence-corrected chi connectivity index (χ1v) is 6.36. The fourth-order valence-electron chi connectivity index (χ4n) is 2.48. The minimum atomic E-state index is 0.391. The number of hydrogen-bond donors (Lipinski definition) is 1. The Hall–Kier alpha value is -0.500. The number of hydrazine groups is 1. The summed E-state index contributed by atoms with van der Waals surface area (Å²) in [7, 11) is 0. The van der Waals surface area contributed by atoms with Gasteiger partial charge in [0, 0.05) is 18.8 Å². The van der Waals surface area contributed by atoms with Crippen molar-refractivity contribution in [2.75, 3.05) is 13.1 Å². The van der Waals surface area contributed by atoms with Crippen molar-refractivity contribution in [3.05, 3.63) is 11.3 Å². The molecular formula is C13H26N2. The van der Waals surface area contributed by atoms with Crippen molar-refractivity contribution in [2.45, 2.75) is 53.9 Å². The van der Waals surface area contributed by atoms with Crippen LogP contribution in [0, 0.1) is 5.41 Å². The Bertz CT molecular complexity index is 239. The zero-order chi connectivity index (χ0) is 11.5. The number of nitrogens with zero attached hydrogens (tertiary/aromatic N) is 1. The zero-order valence-corrected chi connectivity index (χ0v) is 11.0. The predicted octanol–water partition coefficient (Wildman–Crippen LogP) is 3.32. The molecule has 0 aromatic rings. The Kier molecular flexibility index (Phi) is 4.21. The maximum Gasteiger partial charge on any atom is 0.0386 e. The Morgan fingerprint density at radius 3 is 2.20 bits per heavy atom. The molecule has 0 amide bonds. The van der Waals surface area contributed by atoms with Crippen LogP contribution >= 0.6 is 0 Å². The minimum Gasteiger partial charge on any atom is -0.312 e. The normalized spacial score (nSPS) is 17.8. The van der Waals surface area contributed by atoms with Crippen LogP contribution < -0.4 is 5.43 Å².